The van der Waals surface area contributed by atoms with Crippen LogP contribution in [0.4, 0.5) is 5.00 Å². The Bertz CT molecular complexity index is 845. The molecular weight excluding hydrogens is 376 g/mol. The molecule has 0 radical (unpaired) electrons. The third kappa shape index (κ3) is 4.84. The van der Waals surface area contributed by atoms with Gasteiger partial charge in [-0.15, -0.1) is 11.3 Å². The van der Waals surface area contributed by atoms with Crippen molar-refractivity contribution in [2.45, 2.75) is 39.0 Å². The largest absolute Gasteiger partial charge is 0.497 e. The highest BCUT2D eigenvalue weighted by Gasteiger charge is 2.27. The molecule has 0 unspecified atom stereocenters. The van der Waals surface area contributed by atoms with E-state index < -0.39 is 5.91 Å². The second kappa shape index (κ2) is 9.10. The molecule has 3 N–H and O–H groups in total. The summed E-state index contributed by atoms with van der Waals surface area (Å²) in [5.74, 6) is 1.49. The Balaban J connectivity index is 1.52. The van der Waals surface area contributed by atoms with Gasteiger partial charge in [0.2, 0.25) is 5.91 Å². The Morgan fingerprint density at radius 1 is 1.25 bits per heavy atom. The molecule has 28 heavy (non-hydrogen) atoms. The predicted molar refractivity (Wildman–Crippen MR) is 110 cm³/mol. The second-order valence-corrected chi connectivity index (χ2v) is 8.20. The molecule has 150 valence electrons. The number of amides is 2. The van der Waals surface area contributed by atoms with Gasteiger partial charge in [-0.3, -0.25) is 9.59 Å². The van der Waals surface area contributed by atoms with E-state index in [0.717, 1.165) is 36.3 Å². The number of rotatable bonds is 8. The van der Waals surface area contributed by atoms with E-state index in [1.165, 1.54) is 16.2 Å². The van der Waals surface area contributed by atoms with Crippen LogP contribution in [0.2, 0.25) is 0 Å². The van der Waals surface area contributed by atoms with Crippen LogP contribution < -0.4 is 20.5 Å². The fourth-order valence-corrected chi connectivity index (χ4v) is 4.82. The number of ether oxygens (including phenoxy) is 2. The van der Waals surface area contributed by atoms with E-state index in [1.807, 2.05) is 24.3 Å². The number of anilines is 1. The van der Waals surface area contributed by atoms with Crippen molar-refractivity contribution in [2.24, 2.45) is 11.7 Å². The number of hydrogen-bond acceptors (Lipinski definition) is 5. The van der Waals surface area contributed by atoms with Crippen molar-refractivity contribution in [1.29, 1.82) is 0 Å². The highest BCUT2D eigenvalue weighted by atomic mass is 32.1. The zero-order valence-corrected chi connectivity index (χ0v) is 17.1. The van der Waals surface area contributed by atoms with Crippen LogP contribution >= 0.6 is 11.3 Å². The fourth-order valence-electron chi connectivity index (χ4n) is 3.38. The fraction of sp³-hybridized carbons (Fsp3) is 0.429. The number of carbonyl (C=O) groups excluding carboxylic acids is 2. The molecular formula is C21H26N2O4S. The van der Waals surface area contributed by atoms with Crippen LogP contribution in [0.5, 0.6) is 11.5 Å². The molecule has 1 aromatic heterocycles. The normalized spacial score (nSPS) is 15.6. The van der Waals surface area contributed by atoms with E-state index in [0.29, 0.717) is 35.9 Å². The summed E-state index contributed by atoms with van der Waals surface area (Å²) in [6, 6.07) is 7.31. The summed E-state index contributed by atoms with van der Waals surface area (Å²) in [7, 11) is 1.61. The number of methoxy groups -OCH3 is 1. The minimum atomic E-state index is -0.467. The van der Waals surface area contributed by atoms with E-state index in [4.69, 9.17) is 15.2 Å². The first-order valence-corrected chi connectivity index (χ1v) is 10.3. The van der Waals surface area contributed by atoms with Gasteiger partial charge in [0.1, 0.15) is 16.5 Å². The highest BCUT2D eigenvalue weighted by Crippen LogP contribution is 2.39. The standard InChI is InChI=1S/C21H26N2O4S/c1-13-5-10-16-17(12-13)28-21(19(16)20(22)25)23-18(24)4-3-11-27-15-8-6-14(26-2)7-9-15/h6-9,13H,3-5,10-12H2,1-2H3,(H2,22,25)(H,23,24)/t13-/m1/s1. The number of nitrogens with two attached hydrogens (primary N) is 1. The van der Waals surface area contributed by atoms with Crippen molar-refractivity contribution >= 4 is 28.2 Å². The number of thiophene rings is 1. The third-order valence-corrected chi connectivity index (χ3v) is 6.06. The highest BCUT2D eigenvalue weighted by molar-refractivity contribution is 7.17. The molecule has 0 bridgehead atoms. The van der Waals surface area contributed by atoms with Gasteiger partial charge in [0.15, 0.2) is 0 Å². The molecule has 3 rings (SSSR count). The first kappa shape index (κ1) is 20.2. The van der Waals surface area contributed by atoms with Crippen LogP contribution in [0.15, 0.2) is 24.3 Å². The SMILES string of the molecule is COc1ccc(OCCCC(=O)Nc2sc3c(c2C(N)=O)CC[C@@H](C)C3)cc1. The molecule has 1 aliphatic carbocycles. The van der Waals surface area contributed by atoms with Gasteiger partial charge < -0.3 is 20.5 Å². The molecule has 1 heterocycles. The van der Waals surface area contributed by atoms with E-state index in [2.05, 4.69) is 12.2 Å². The lowest BCUT2D eigenvalue weighted by Gasteiger charge is -2.18. The van der Waals surface area contributed by atoms with Crippen LogP contribution in [-0.4, -0.2) is 25.5 Å². The zero-order valence-electron chi connectivity index (χ0n) is 16.2. The van der Waals surface area contributed by atoms with Gasteiger partial charge in [0, 0.05) is 11.3 Å². The van der Waals surface area contributed by atoms with Gasteiger partial charge in [0.25, 0.3) is 5.91 Å². The number of primary amides is 1. The summed E-state index contributed by atoms with van der Waals surface area (Å²) >= 11 is 1.49. The van der Waals surface area contributed by atoms with Crippen molar-refractivity contribution in [2.75, 3.05) is 19.0 Å². The van der Waals surface area contributed by atoms with Crippen molar-refractivity contribution in [3.8, 4) is 11.5 Å². The number of fused-ring (bicyclic) bond motifs is 1. The Morgan fingerprint density at radius 2 is 1.96 bits per heavy atom. The van der Waals surface area contributed by atoms with Crippen molar-refractivity contribution in [3.63, 3.8) is 0 Å². The third-order valence-electron chi connectivity index (χ3n) is 4.89. The first-order valence-electron chi connectivity index (χ1n) is 9.49. The molecule has 1 atom stereocenters. The summed E-state index contributed by atoms with van der Waals surface area (Å²) in [6.07, 6.45) is 3.71. The van der Waals surface area contributed by atoms with E-state index in [1.54, 1.807) is 7.11 Å². The summed E-state index contributed by atoms with van der Waals surface area (Å²) in [6.45, 7) is 2.63. The molecule has 2 aromatic rings. The lowest BCUT2D eigenvalue weighted by atomic mass is 9.88. The minimum absolute atomic E-state index is 0.132. The summed E-state index contributed by atoms with van der Waals surface area (Å²) in [4.78, 5) is 25.4. The van der Waals surface area contributed by atoms with Gasteiger partial charge in [-0.05, 0) is 61.4 Å². The van der Waals surface area contributed by atoms with Crippen molar-refractivity contribution in [1.82, 2.24) is 0 Å². The second-order valence-electron chi connectivity index (χ2n) is 7.10. The van der Waals surface area contributed by atoms with E-state index in [9.17, 15) is 9.59 Å². The maximum atomic E-state index is 12.3. The maximum Gasteiger partial charge on any atom is 0.251 e. The van der Waals surface area contributed by atoms with Crippen LogP contribution in [0, 0.1) is 5.92 Å². The first-order chi connectivity index (χ1) is 13.5. The average Bonchev–Trinajstić information content (AvgIpc) is 3.02. The van der Waals surface area contributed by atoms with Crippen LogP contribution in [0.1, 0.15) is 47.0 Å². The van der Waals surface area contributed by atoms with E-state index in [-0.39, 0.29) is 5.91 Å². The Hall–Kier alpha value is -2.54. The van der Waals surface area contributed by atoms with Crippen LogP contribution in [-0.2, 0) is 17.6 Å². The monoisotopic (exact) mass is 402 g/mol. The number of carbonyl (C=O) groups is 2. The molecule has 0 fully saturated rings. The molecule has 6 nitrogen and oxygen atoms in total. The minimum Gasteiger partial charge on any atom is -0.497 e. The molecule has 0 saturated carbocycles. The summed E-state index contributed by atoms with van der Waals surface area (Å²) in [5.41, 5.74) is 7.10. The Kier molecular flexibility index (Phi) is 6.57. The van der Waals surface area contributed by atoms with Gasteiger partial charge in [0.05, 0.1) is 19.3 Å². The van der Waals surface area contributed by atoms with Crippen molar-refractivity contribution in [3.05, 3.63) is 40.3 Å². The maximum absolute atomic E-state index is 12.3. The van der Waals surface area contributed by atoms with Gasteiger partial charge >= 0.3 is 0 Å². The van der Waals surface area contributed by atoms with Crippen LogP contribution in [0.3, 0.4) is 0 Å². The molecule has 7 heteroatoms. The van der Waals surface area contributed by atoms with Crippen LogP contribution in [0.25, 0.3) is 0 Å². The quantitative estimate of drug-likeness (QED) is 0.658. The molecule has 0 spiro atoms. The lowest BCUT2D eigenvalue weighted by molar-refractivity contribution is -0.116. The molecule has 0 aliphatic heterocycles. The number of nitrogens with one attached hydrogen (secondary N) is 1. The topological polar surface area (TPSA) is 90.7 Å². The van der Waals surface area contributed by atoms with Crippen molar-refractivity contribution < 1.29 is 19.1 Å². The van der Waals surface area contributed by atoms with Gasteiger partial charge in [-0.1, -0.05) is 6.92 Å². The summed E-state index contributed by atoms with van der Waals surface area (Å²) in [5, 5.41) is 3.47. The lowest BCUT2D eigenvalue weighted by Crippen LogP contribution is -2.19. The summed E-state index contributed by atoms with van der Waals surface area (Å²) < 4.78 is 10.7. The Morgan fingerprint density at radius 3 is 2.64 bits per heavy atom. The number of hydrogen-bond donors (Lipinski definition) is 2. The van der Waals surface area contributed by atoms with E-state index >= 15 is 0 Å². The predicted octanol–water partition coefficient (Wildman–Crippen LogP) is 3.78. The number of benzene rings is 1. The molecule has 2 amide bonds. The Labute approximate surface area is 169 Å². The smallest absolute Gasteiger partial charge is 0.251 e. The van der Waals surface area contributed by atoms with Gasteiger partial charge in [-0.25, -0.2) is 0 Å². The molecule has 1 aromatic carbocycles. The van der Waals surface area contributed by atoms with Gasteiger partial charge in [-0.2, -0.15) is 0 Å². The molecule has 1 aliphatic rings. The average molecular weight is 403 g/mol. The zero-order chi connectivity index (χ0) is 20.1. The molecule has 0 saturated heterocycles.